The number of ether oxygens (including phenoxy) is 3. The topological polar surface area (TPSA) is 61.8 Å². The summed E-state index contributed by atoms with van der Waals surface area (Å²) in [5.74, 6) is 0.357. The number of benzene rings is 2. The van der Waals surface area contributed by atoms with Gasteiger partial charge in [-0.2, -0.15) is 0 Å². The maximum absolute atomic E-state index is 12.2. The van der Waals surface area contributed by atoms with E-state index in [0.717, 1.165) is 11.1 Å². The second kappa shape index (κ2) is 6.74. The molecule has 0 spiro atoms. The second-order valence-electron chi connectivity index (χ2n) is 5.73. The summed E-state index contributed by atoms with van der Waals surface area (Å²) in [4.78, 5) is 24.3. The van der Waals surface area contributed by atoms with Crippen LogP contribution in [0.2, 0.25) is 0 Å². The molecule has 0 saturated carbocycles. The van der Waals surface area contributed by atoms with Crippen molar-refractivity contribution in [3.63, 3.8) is 0 Å². The molecule has 0 saturated heterocycles. The van der Waals surface area contributed by atoms with Crippen LogP contribution >= 0.6 is 0 Å². The number of fused-ring (bicyclic) bond motifs is 1. The maximum atomic E-state index is 12.2. The largest absolute Gasteiger partial charge is 0.486 e. The molecule has 0 fully saturated rings. The van der Waals surface area contributed by atoms with E-state index >= 15 is 0 Å². The van der Waals surface area contributed by atoms with Crippen LogP contribution in [-0.2, 0) is 4.74 Å². The zero-order valence-corrected chi connectivity index (χ0v) is 13.6. The molecule has 0 aromatic heterocycles. The zero-order valence-electron chi connectivity index (χ0n) is 13.6. The van der Waals surface area contributed by atoms with Crippen molar-refractivity contribution in [2.24, 2.45) is 0 Å². The van der Waals surface area contributed by atoms with Gasteiger partial charge in [-0.3, -0.25) is 4.79 Å². The van der Waals surface area contributed by atoms with E-state index in [1.165, 1.54) is 0 Å². The lowest BCUT2D eigenvalue weighted by molar-refractivity contribution is 0.0474. The summed E-state index contributed by atoms with van der Waals surface area (Å²) in [6.07, 6.45) is 0. The molecule has 5 heteroatoms. The van der Waals surface area contributed by atoms with E-state index in [9.17, 15) is 9.59 Å². The molecular weight excluding hydrogens is 308 g/mol. The number of hydrogen-bond acceptors (Lipinski definition) is 5. The Hall–Kier alpha value is -2.82. The highest BCUT2D eigenvalue weighted by Crippen LogP contribution is 2.30. The van der Waals surface area contributed by atoms with Gasteiger partial charge in [-0.05, 0) is 44.2 Å². The molecule has 3 rings (SSSR count). The first kappa shape index (κ1) is 16.1. The van der Waals surface area contributed by atoms with Crippen molar-refractivity contribution in [3.8, 4) is 11.5 Å². The van der Waals surface area contributed by atoms with E-state index in [0.29, 0.717) is 35.8 Å². The van der Waals surface area contributed by atoms with Crippen LogP contribution in [0.1, 0.15) is 31.8 Å². The molecule has 124 valence electrons. The van der Waals surface area contributed by atoms with Crippen molar-refractivity contribution in [2.75, 3.05) is 19.8 Å². The molecule has 0 unspecified atom stereocenters. The summed E-state index contributed by atoms with van der Waals surface area (Å²) >= 11 is 0. The Balaban J connectivity index is 1.66. The molecule has 0 bridgehead atoms. The number of ketones is 1. The zero-order chi connectivity index (χ0) is 17.1. The van der Waals surface area contributed by atoms with Crippen LogP contribution in [0, 0.1) is 13.8 Å². The fourth-order valence-electron chi connectivity index (χ4n) is 2.61. The molecule has 24 heavy (non-hydrogen) atoms. The van der Waals surface area contributed by atoms with Gasteiger partial charge in [0.1, 0.15) is 13.2 Å². The number of esters is 1. The first-order chi connectivity index (χ1) is 11.5. The Morgan fingerprint density at radius 1 is 0.917 bits per heavy atom. The normalized spacial score (nSPS) is 12.6. The first-order valence-corrected chi connectivity index (χ1v) is 7.71. The number of hydrogen-bond donors (Lipinski definition) is 0. The van der Waals surface area contributed by atoms with Crippen molar-refractivity contribution in [1.29, 1.82) is 0 Å². The third kappa shape index (κ3) is 3.56. The smallest absolute Gasteiger partial charge is 0.338 e. The van der Waals surface area contributed by atoms with Crippen LogP contribution in [-0.4, -0.2) is 31.6 Å². The highest BCUT2D eigenvalue weighted by molar-refractivity contribution is 5.99. The summed E-state index contributed by atoms with van der Waals surface area (Å²) in [6.45, 7) is 4.44. The molecule has 1 aliphatic rings. The Bertz CT molecular complexity index is 774. The van der Waals surface area contributed by atoms with Gasteiger partial charge in [-0.15, -0.1) is 0 Å². The van der Waals surface area contributed by atoms with E-state index in [4.69, 9.17) is 14.2 Å². The van der Waals surface area contributed by atoms with Crippen molar-refractivity contribution < 1.29 is 23.8 Å². The summed E-state index contributed by atoms with van der Waals surface area (Å²) in [6, 6.07) is 10.4. The Kier molecular flexibility index (Phi) is 4.51. The van der Waals surface area contributed by atoms with E-state index in [1.54, 1.807) is 30.3 Å². The molecular formula is C19H18O5. The molecule has 0 N–H and O–H groups in total. The van der Waals surface area contributed by atoms with Gasteiger partial charge in [-0.25, -0.2) is 4.79 Å². The molecule has 5 nitrogen and oxygen atoms in total. The van der Waals surface area contributed by atoms with E-state index in [1.807, 2.05) is 19.9 Å². The van der Waals surface area contributed by atoms with Crippen molar-refractivity contribution in [3.05, 3.63) is 58.7 Å². The van der Waals surface area contributed by atoms with Crippen LogP contribution in [0.4, 0.5) is 0 Å². The van der Waals surface area contributed by atoms with E-state index in [2.05, 4.69) is 0 Å². The average molecular weight is 326 g/mol. The SMILES string of the molecule is Cc1cc(C)cc(C(=O)OCC(=O)c2ccc3c(c2)OCCO3)c1. The number of aryl methyl sites for hydroxylation is 2. The predicted molar refractivity (Wildman–Crippen MR) is 88.0 cm³/mol. The van der Waals surface area contributed by atoms with Crippen molar-refractivity contribution in [2.45, 2.75) is 13.8 Å². The molecule has 2 aromatic carbocycles. The molecule has 0 atom stereocenters. The highest BCUT2D eigenvalue weighted by Gasteiger charge is 2.17. The van der Waals surface area contributed by atoms with Gasteiger partial charge in [0.15, 0.2) is 23.9 Å². The lowest BCUT2D eigenvalue weighted by Crippen LogP contribution is -2.17. The number of carbonyl (C=O) groups is 2. The van der Waals surface area contributed by atoms with Crippen LogP contribution < -0.4 is 9.47 Å². The van der Waals surface area contributed by atoms with Crippen LogP contribution in [0.5, 0.6) is 11.5 Å². The van der Waals surface area contributed by atoms with Gasteiger partial charge in [0, 0.05) is 5.56 Å². The van der Waals surface area contributed by atoms with Crippen LogP contribution in [0.3, 0.4) is 0 Å². The fraction of sp³-hybridized carbons (Fsp3) is 0.263. The van der Waals surface area contributed by atoms with Crippen molar-refractivity contribution in [1.82, 2.24) is 0 Å². The second-order valence-corrected chi connectivity index (χ2v) is 5.73. The highest BCUT2D eigenvalue weighted by atomic mass is 16.6. The van der Waals surface area contributed by atoms with E-state index in [-0.39, 0.29) is 12.4 Å². The average Bonchev–Trinajstić information content (AvgIpc) is 2.58. The minimum absolute atomic E-state index is 0.287. The standard InChI is InChI=1S/C19H18O5/c1-12-7-13(2)9-15(8-12)19(21)24-11-16(20)14-3-4-17-18(10-14)23-6-5-22-17/h3-4,7-10H,5-6,11H2,1-2H3. The van der Waals surface area contributed by atoms with Crippen LogP contribution in [0.15, 0.2) is 36.4 Å². The molecule has 2 aromatic rings. The lowest BCUT2D eigenvalue weighted by Gasteiger charge is -2.18. The van der Waals surface area contributed by atoms with Gasteiger partial charge in [-0.1, -0.05) is 17.2 Å². The first-order valence-electron chi connectivity index (χ1n) is 7.71. The Labute approximate surface area is 140 Å². The Morgan fingerprint density at radius 3 is 2.29 bits per heavy atom. The summed E-state index contributed by atoms with van der Waals surface area (Å²) in [5, 5.41) is 0. The number of carbonyl (C=O) groups excluding carboxylic acids is 2. The van der Waals surface area contributed by atoms with Crippen molar-refractivity contribution >= 4 is 11.8 Å². The lowest BCUT2D eigenvalue weighted by atomic mass is 10.1. The molecule has 0 aliphatic carbocycles. The quantitative estimate of drug-likeness (QED) is 0.638. The maximum Gasteiger partial charge on any atom is 0.338 e. The number of Topliss-reactive ketones (excluding diaryl/α,β-unsaturated/α-hetero) is 1. The monoisotopic (exact) mass is 326 g/mol. The van der Waals surface area contributed by atoms with Gasteiger partial charge in [0.25, 0.3) is 0 Å². The van der Waals surface area contributed by atoms with Gasteiger partial charge in [0.05, 0.1) is 5.56 Å². The summed E-state index contributed by atoms with van der Waals surface area (Å²) in [5.41, 5.74) is 2.81. The fourth-order valence-corrected chi connectivity index (χ4v) is 2.61. The Morgan fingerprint density at radius 2 is 1.58 bits per heavy atom. The molecule has 1 aliphatic heterocycles. The summed E-state index contributed by atoms with van der Waals surface area (Å²) in [7, 11) is 0. The number of rotatable bonds is 4. The van der Waals surface area contributed by atoms with Gasteiger partial charge >= 0.3 is 5.97 Å². The molecule has 0 amide bonds. The minimum Gasteiger partial charge on any atom is -0.486 e. The molecule has 0 radical (unpaired) electrons. The third-order valence-electron chi connectivity index (χ3n) is 3.66. The van der Waals surface area contributed by atoms with E-state index < -0.39 is 5.97 Å². The third-order valence-corrected chi connectivity index (χ3v) is 3.66. The summed E-state index contributed by atoms with van der Waals surface area (Å²) < 4.78 is 16.0. The van der Waals surface area contributed by atoms with Crippen LogP contribution in [0.25, 0.3) is 0 Å². The molecule has 1 heterocycles. The minimum atomic E-state index is -0.507. The predicted octanol–water partition coefficient (Wildman–Crippen LogP) is 3.11. The van der Waals surface area contributed by atoms with Gasteiger partial charge in [0.2, 0.25) is 0 Å². The van der Waals surface area contributed by atoms with Gasteiger partial charge < -0.3 is 14.2 Å².